The fourth-order valence-corrected chi connectivity index (χ4v) is 10.1. The summed E-state index contributed by atoms with van der Waals surface area (Å²) in [6, 6.07) is 21.0. The molecule has 0 spiro atoms. The highest BCUT2D eigenvalue weighted by Crippen LogP contribution is 2.41. The quantitative estimate of drug-likeness (QED) is 0.0826. The van der Waals surface area contributed by atoms with Crippen LogP contribution in [0, 0.1) is 10.1 Å². The molecule has 1 aliphatic carbocycles. The molecule has 18 heteroatoms. The number of sulfonamides is 1. The maximum absolute atomic E-state index is 14.3. The zero-order chi connectivity index (χ0) is 44.2. The molecule has 0 bridgehead atoms. The minimum atomic E-state index is -4.59. The van der Waals surface area contributed by atoms with Gasteiger partial charge in [-0.05, 0) is 97.8 Å². The first-order valence-electron chi connectivity index (χ1n) is 21.8. The van der Waals surface area contributed by atoms with Gasteiger partial charge in [0.1, 0.15) is 17.0 Å². The van der Waals surface area contributed by atoms with E-state index in [0.29, 0.717) is 62.3 Å². The number of hydrogen-bond donors (Lipinski definition) is 3. The van der Waals surface area contributed by atoms with Crippen LogP contribution in [0.25, 0.3) is 16.6 Å². The smallest absolute Gasteiger partial charge is 0.293 e. The van der Waals surface area contributed by atoms with Crippen molar-refractivity contribution in [1.29, 1.82) is 0 Å². The second-order valence-electron chi connectivity index (χ2n) is 16.5. The van der Waals surface area contributed by atoms with Crippen molar-refractivity contribution in [2.45, 2.75) is 49.5 Å². The van der Waals surface area contributed by atoms with Gasteiger partial charge in [0.05, 0.1) is 53.6 Å². The zero-order valence-corrected chi connectivity index (χ0v) is 37.0. The van der Waals surface area contributed by atoms with E-state index in [1.54, 1.807) is 12.3 Å². The number of H-pyrrole nitrogens is 1. The highest BCUT2D eigenvalue weighted by molar-refractivity contribution is 7.90. The summed E-state index contributed by atoms with van der Waals surface area (Å²) in [6.45, 7) is 6.36. The fraction of sp³-hybridized carbons (Fsp3) is 0.391. The van der Waals surface area contributed by atoms with E-state index in [0.717, 1.165) is 67.7 Å². The number of anilines is 4. The number of nitrogens with zero attached hydrogens (tertiary/aromatic N) is 5. The lowest BCUT2D eigenvalue weighted by Gasteiger charge is -2.37. The number of aromatic amines is 1. The van der Waals surface area contributed by atoms with E-state index in [4.69, 9.17) is 30.8 Å². The van der Waals surface area contributed by atoms with Gasteiger partial charge in [0, 0.05) is 74.2 Å². The van der Waals surface area contributed by atoms with Gasteiger partial charge >= 0.3 is 0 Å². The summed E-state index contributed by atoms with van der Waals surface area (Å²) in [4.78, 5) is 40.1. The number of piperazine rings is 1. The number of rotatable bonds is 12. The minimum Gasteiger partial charge on any atom is -0.476 e. The van der Waals surface area contributed by atoms with Gasteiger partial charge in [0.25, 0.3) is 21.6 Å². The van der Waals surface area contributed by atoms with Crippen LogP contribution in [0.1, 0.15) is 54.4 Å². The molecule has 336 valence electrons. The number of aromatic nitrogens is 2. The molecule has 1 amide bonds. The van der Waals surface area contributed by atoms with Crippen molar-refractivity contribution in [3.63, 3.8) is 0 Å². The summed E-state index contributed by atoms with van der Waals surface area (Å²) < 4.78 is 47.2. The largest absolute Gasteiger partial charge is 0.476 e. The van der Waals surface area contributed by atoms with Gasteiger partial charge in [0.15, 0.2) is 0 Å². The van der Waals surface area contributed by atoms with Gasteiger partial charge in [-0.2, -0.15) is 4.98 Å². The van der Waals surface area contributed by atoms with Crippen molar-refractivity contribution in [3.05, 3.63) is 111 Å². The molecule has 4 aliphatic rings. The highest BCUT2D eigenvalue weighted by atomic mass is 35.5. The predicted octanol–water partition coefficient (Wildman–Crippen LogP) is 7.53. The Bertz CT molecular complexity index is 2660. The number of carbonyl (C=O) groups is 1. The number of pyridine rings is 1. The topological polar surface area (TPSA) is 185 Å². The molecule has 0 saturated carbocycles. The summed E-state index contributed by atoms with van der Waals surface area (Å²) in [5.41, 5.74) is 6.59. The average molecular weight is 911 g/mol. The van der Waals surface area contributed by atoms with Crippen LogP contribution >= 0.6 is 11.6 Å². The van der Waals surface area contributed by atoms with Crippen LogP contribution in [0.2, 0.25) is 5.02 Å². The number of hydrogen-bond acceptors (Lipinski definition) is 13. The number of fused-ring (bicyclic) bond motifs is 2. The van der Waals surface area contributed by atoms with Crippen molar-refractivity contribution in [3.8, 4) is 5.88 Å². The van der Waals surface area contributed by atoms with Gasteiger partial charge in [-0.1, -0.05) is 35.7 Å². The van der Waals surface area contributed by atoms with Gasteiger partial charge in [-0.15, -0.1) is 0 Å². The second-order valence-corrected chi connectivity index (χ2v) is 18.6. The molecule has 64 heavy (non-hydrogen) atoms. The number of allylic oxidation sites excluding steroid dienone is 1. The van der Waals surface area contributed by atoms with Crippen LogP contribution in [0.5, 0.6) is 5.88 Å². The lowest BCUT2D eigenvalue weighted by Crippen LogP contribution is -2.47. The molecule has 5 heterocycles. The van der Waals surface area contributed by atoms with E-state index >= 15 is 0 Å². The third-order valence-electron chi connectivity index (χ3n) is 12.3. The third kappa shape index (κ3) is 9.68. The van der Waals surface area contributed by atoms with E-state index < -0.39 is 31.4 Å². The van der Waals surface area contributed by atoms with E-state index in [9.17, 15) is 23.3 Å². The Hall–Kier alpha value is -5.72. The second kappa shape index (κ2) is 19.2. The molecule has 1 atom stereocenters. The Morgan fingerprint density at radius 1 is 0.906 bits per heavy atom. The summed E-state index contributed by atoms with van der Waals surface area (Å²) in [6.07, 6.45) is 7.80. The standard InChI is InChI=1S/C46H51ClN8O8S/c47-34-9-7-31(8-10-34)38-6-3-1-2-5-33(38)29-52-18-20-53(21-19-52)35-11-13-39(41(26-35)54-17-4-22-63-46-43(54)25-32-15-16-48-44(32)50-46)45(56)51-64(59,60)37-12-14-40(42(27-37)55(57)58)49-28-36-30-61-23-24-62-36/h7-16,25-27,36,49H,1-6,17-24,28-30H2,(H,48,50)(H,51,56). The van der Waals surface area contributed by atoms with E-state index in [1.807, 2.05) is 41.3 Å². The molecule has 0 radical (unpaired) electrons. The Morgan fingerprint density at radius 2 is 1.73 bits per heavy atom. The number of benzene rings is 3. The van der Waals surface area contributed by atoms with E-state index in [2.05, 4.69) is 37.0 Å². The van der Waals surface area contributed by atoms with Gasteiger partial charge in [0.2, 0.25) is 5.88 Å². The summed E-state index contributed by atoms with van der Waals surface area (Å²) in [7, 11) is -4.59. The van der Waals surface area contributed by atoms with Gasteiger partial charge < -0.3 is 34.3 Å². The van der Waals surface area contributed by atoms with Crippen LogP contribution in [-0.2, 0) is 19.5 Å². The van der Waals surface area contributed by atoms with Crippen LogP contribution in [-0.4, -0.2) is 112 Å². The number of amides is 1. The molecule has 2 fully saturated rings. The predicted molar refractivity (Wildman–Crippen MR) is 247 cm³/mol. The first kappa shape index (κ1) is 43.5. The average Bonchev–Trinajstić information content (AvgIpc) is 3.50. The number of nitrogens with one attached hydrogen (secondary N) is 3. The van der Waals surface area contributed by atoms with Crippen molar-refractivity contribution >= 4 is 72.6 Å². The molecule has 9 rings (SSSR count). The lowest BCUT2D eigenvalue weighted by molar-refractivity contribution is -0.384. The Labute approximate surface area is 376 Å². The number of ether oxygens (including phenoxy) is 3. The number of halogens is 1. The van der Waals surface area contributed by atoms with Crippen molar-refractivity contribution in [1.82, 2.24) is 19.6 Å². The Balaban J connectivity index is 0.986. The van der Waals surface area contributed by atoms with Crippen LogP contribution < -0.4 is 24.6 Å². The molecule has 16 nitrogen and oxygen atoms in total. The molecule has 1 unspecified atom stereocenters. The van der Waals surface area contributed by atoms with Crippen molar-refractivity contribution < 1.29 is 32.3 Å². The van der Waals surface area contributed by atoms with Crippen LogP contribution in [0.3, 0.4) is 0 Å². The number of nitro benzene ring substituents is 1. The first-order chi connectivity index (χ1) is 31.1. The molecule has 2 saturated heterocycles. The molecule has 3 aliphatic heterocycles. The lowest BCUT2D eigenvalue weighted by atomic mass is 9.95. The monoisotopic (exact) mass is 910 g/mol. The fourth-order valence-electron chi connectivity index (χ4n) is 8.99. The van der Waals surface area contributed by atoms with Crippen LogP contribution in [0.4, 0.5) is 28.4 Å². The third-order valence-corrected chi connectivity index (χ3v) is 13.9. The maximum atomic E-state index is 14.3. The Morgan fingerprint density at radius 3 is 2.53 bits per heavy atom. The van der Waals surface area contributed by atoms with Gasteiger partial charge in [-0.3, -0.25) is 19.8 Å². The molecule has 3 aromatic carbocycles. The van der Waals surface area contributed by atoms with Crippen molar-refractivity contribution in [2.75, 3.05) is 87.4 Å². The number of carbonyl (C=O) groups excluding carboxylic acids is 1. The summed E-state index contributed by atoms with van der Waals surface area (Å²) >= 11 is 6.24. The van der Waals surface area contributed by atoms with Crippen molar-refractivity contribution in [2.24, 2.45) is 0 Å². The maximum Gasteiger partial charge on any atom is 0.293 e. The summed E-state index contributed by atoms with van der Waals surface area (Å²) in [5, 5.41) is 16.7. The Kier molecular flexibility index (Phi) is 13.0. The normalized spacial score (nSPS) is 18.8. The molecule has 2 aromatic heterocycles. The molecule has 3 N–H and O–H groups in total. The molecular weight excluding hydrogens is 860 g/mol. The van der Waals surface area contributed by atoms with E-state index in [-0.39, 0.29) is 23.9 Å². The van der Waals surface area contributed by atoms with E-state index in [1.165, 1.54) is 48.1 Å². The first-order valence-corrected chi connectivity index (χ1v) is 23.7. The number of nitro groups is 1. The van der Waals surface area contributed by atoms with Crippen LogP contribution in [0.15, 0.2) is 89.5 Å². The zero-order valence-electron chi connectivity index (χ0n) is 35.4. The minimum absolute atomic E-state index is 0.102. The SMILES string of the molecule is O=C(NS(=O)(=O)c1ccc(NCC2COCCO2)c([N+](=O)[O-])c1)c1ccc(N2CCN(CC3=C(c4ccc(Cl)cc4)CCCCC3)CC2)cc1N1CCCOc2nc3[nH]ccc3cc21. The van der Waals surface area contributed by atoms with Gasteiger partial charge in [-0.25, -0.2) is 13.1 Å². The highest BCUT2D eigenvalue weighted by Gasteiger charge is 2.30. The molecule has 5 aromatic rings. The molecular formula is C46H51ClN8O8S. The summed E-state index contributed by atoms with van der Waals surface area (Å²) in [5.74, 6) is -0.499.